The molecule has 1 atom stereocenters. The Kier molecular flexibility index (Phi) is 7.47. The van der Waals surface area contributed by atoms with Crippen LogP contribution in [0.5, 0.6) is 0 Å². The Morgan fingerprint density at radius 1 is 1.17 bits per heavy atom. The molecule has 136 valence electrons. The van der Waals surface area contributed by atoms with Gasteiger partial charge in [0.2, 0.25) is 0 Å². The smallest absolute Gasteiger partial charge is 0.328 e. The van der Waals surface area contributed by atoms with E-state index in [4.69, 9.17) is 0 Å². The van der Waals surface area contributed by atoms with E-state index in [-0.39, 0.29) is 17.0 Å². The number of hydrogen-bond donors (Lipinski definition) is 3. The number of hydrogen-bond acceptors (Lipinski definition) is 5. The first-order valence-corrected chi connectivity index (χ1v) is 9.64. The fourth-order valence-electron chi connectivity index (χ4n) is 2.10. The zero-order chi connectivity index (χ0) is 18.3. The van der Waals surface area contributed by atoms with Gasteiger partial charge in [0.25, 0.3) is 10.0 Å². The number of urea groups is 1. The van der Waals surface area contributed by atoms with E-state index in [2.05, 4.69) is 29.5 Å². The van der Waals surface area contributed by atoms with E-state index in [0.717, 1.165) is 12.8 Å². The number of sulfonamides is 1. The van der Waals surface area contributed by atoms with Crippen LogP contribution in [0, 0.1) is 5.92 Å². The summed E-state index contributed by atoms with van der Waals surface area (Å²) in [5.74, 6) is 0.580. The number of pyridine rings is 1. The predicted octanol–water partition coefficient (Wildman–Crippen LogP) is 2.71. The molecule has 1 heterocycles. The minimum Gasteiger partial charge on any atom is -0.381 e. The van der Waals surface area contributed by atoms with Gasteiger partial charge < -0.3 is 10.6 Å². The molecule has 0 aromatic carbocycles. The molecule has 0 saturated carbocycles. The summed E-state index contributed by atoms with van der Waals surface area (Å²) >= 11 is 0. The molecule has 7 nitrogen and oxygen atoms in total. The Hall–Kier alpha value is -1.83. The van der Waals surface area contributed by atoms with E-state index in [9.17, 15) is 13.2 Å². The Morgan fingerprint density at radius 3 is 2.42 bits per heavy atom. The molecule has 0 aliphatic carbocycles. The Morgan fingerprint density at radius 2 is 1.83 bits per heavy atom. The van der Waals surface area contributed by atoms with Gasteiger partial charge in [-0.05, 0) is 45.6 Å². The third-order valence-corrected chi connectivity index (χ3v) is 4.66. The number of nitrogens with zero attached hydrogens (tertiary/aromatic N) is 1. The molecule has 1 aromatic rings. The maximum atomic E-state index is 12.4. The molecule has 1 rings (SSSR count). The van der Waals surface area contributed by atoms with Gasteiger partial charge in [0.15, 0.2) is 0 Å². The molecule has 2 amide bonds. The second-order valence-corrected chi connectivity index (χ2v) is 8.27. The van der Waals surface area contributed by atoms with Gasteiger partial charge in [-0.15, -0.1) is 0 Å². The molecule has 0 fully saturated rings. The molecule has 0 spiro atoms. The molecule has 24 heavy (non-hydrogen) atoms. The monoisotopic (exact) mass is 356 g/mol. The van der Waals surface area contributed by atoms with Gasteiger partial charge in [0.1, 0.15) is 4.90 Å². The van der Waals surface area contributed by atoms with Gasteiger partial charge in [-0.25, -0.2) is 17.9 Å². The van der Waals surface area contributed by atoms with Crippen LogP contribution in [0.15, 0.2) is 23.4 Å². The van der Waals surface area contributed by atoms with Crippen molar-refractivity contribution in [3.8, 4) is 0 Å². The molecule has 3 N–H and O–H groups in total. The number of carbonyl (C=O) groups is 1. The average Bonchev–Trinajstić information content (AvgIpc) is 2.44. The van der Waals surface area contributed by atoms with Crippen molar-refractivity contribution in [3.63, 3.8) is 0 Å². The van der Waals surface area contributed by atoms with Gasteiger partial charge in [-0.2, -0.15) is 0 Å². The Bertz CT molecular complexity index is 644. The van der Waals surface area contributed by atoms with Crippen molar-refractivity contribution in [2.24, 2.45) is 5.92 Å². The number of aromatic nitrogens is 1. The minimum atomic E-state index is -4.00. The second-order valence-electron chi connectivity index (χ2n) is 6.62. The van der Waals surface area contributed by atoms with Crippen molar-refractivity contribution in [1.29, 1.82) is 0 Å². The molecule has 0 saturated heterocycles. The number of carbonyl (C=O) groups excluding carboxylic acids is 1. The molecule has 0 radical (unpaired) electrons. The summed E-state index contributed by atoms with van der Waals surface area (Å²) in [6, 6.07) is 0.782. The number of amides is 2. The molecule has 0 aliphatic rings. The van der Waals surface area contributed by atoms with Crippen molar-refractivity contribution in [3.05, 3.63) is 18.5 Å². The lowest BCUT2D eigenvalue weighted by Gasteiger charge is -2.19. The van der Waals surface area contributed by atoms with E-state index >= 15 is 0 Å². The van der Waals surface area contributed by atoms with E-state index in [1.807, 2.05) is 11.6 Å². The summed E-state index contributed by atoms with van der Waals surface area (Å²) < 4.78 is 26.9. The fourth-order valence-corrected chi connectivity index (χ4v) is 3.13. The quantitative estimate of drug-likeness (QED) is 0.665. The maximum absolute atomic E-state index is 12.4. The first-order chi connectivity index (χ1) is 11.1. The van der Waals surface area contributed by atoms with Crippen molar-refractivity contribution < 1.29 is 13.2 Å². The summed E-state index contributed by atoms with van der Waals surface area (Å²) in [4.78, 5) is 15.5. The highest BCUT2D eigenvalue weighted by atomic mass is 32.2. The number of anilines is 1. The van der Waals surface area contributed by atoms with Crippen LogP contribution in [0.25, 0.3) is 0 Å². The van der Waals surface area contributed by atoms with E-state index in [1.54, 1.807) is 19.9 Å². The Labute approximate surface area is 144 Å². The third-order valence-electron chi connectivity index (χ3n) is 3.30. The summed E-state index contributed by atoms with van der Waals surface area (Å²) in [7, 11) is -4.00. The van der Waals surface area contributed by atoms with Gasteiger partial charge in [0.05, 0.1) is 5.69 Å². The summed E-state index contributed by atoms with van der Waals surface area (Å²) in [6.45, 7) is 9.79. The van der Waals surface area contributed by atoms with Crippen LogP contribution in [0.2, 0.25) is 0 Å². The first kappa shape index (κ1) is 20.2. The van der Waals surface area contributed by atoms with Crippen LogP contribution >= 0.6 is 0 Å². The molecular weight excluding hydrogens is 328 g/mol. The Balaban J connectivity index is 2.90. The fraction of sp³-hybridized carbons (Fsp3) is 0.625. The highest BCUT2D eigenvalue weighted by Gasteiger charge is 2.22. The predicted molar refractivity (Wildman–Crippen MR) is 95.4 cm³/mol. The van der Waals surface area contributed by atoms with Gasteiger partial charge in [0, 0.05) is 24.5 Å². The van der Waals surface area contributed by atoms with Crippen LogP contribution in [-0.4, -0.2) is 31.5 Å². The lowest BCUT2D eigenvalue weighted by atomic mass is 10.0. The van der Waals surface area contributed by atoms with Gasteiger partial charge >= 0.3 is 6.03 Å². The largest absolute Gasteiger partial charge is 0.381 e. The van der Waals surface area contributed by atoms with Crippen LogP contribution in [0.1, 0.15) is 47.5 Å². The van der Waals surface area contributed by atoms with Crippen molar-refractivity contribution >= 4 is 21.7 Å². The van der Waals surface area contributed by atoms with Crippen molar-refractivity contribution in [2.75, 3.05) is 5.32 Å². The SMILES string of the molecule is CC(C)CCC(C)Nc1ccncc1S(=O)(=O)NC(=O)NC(C)C. The maximum Gasteiger partial charge on any atom is 0.328 e. The van der Waals surface area contributed by atoms with E-state index in [0.29, 0.717) is 11.6 Å². The number of nitrogens with one attached hydrogen (secondary N) is 3. The molecule has 1 unspecified atom stereocenters. The zero-order valence-corrected chi connectivity index (χ0v) is 15.8. The van der Waals surface area contributed by atoms with E-state index < -0.39 is 16.1 Å². The van der Waals surface area contributed by atoms with Crippen LogP contribution < -0.4 is 15.4 Å². The van der Waals surface area contributed by atoms with Crippen molar-refractivity contribution in [2.45, 2.75) is 64.4 Å². The average molecular weight is 356 g/mol. The van der Waals surface area contributed by atoms with E-state index in [1.165, 1.54) is 12.4 Å². The normalized spacial score (nSPS) is 13.0. The topological polar surface area (TPSA) is 100 Å². The summed E-state index contributed by atoms with van der Waals surface area (Å²) in [6.07, 6.45) is 4.71. The molecule has 1 aromatic heterocycles. The van der Waals surface area contributed by atoms with Crippen LogP contribution in [-0.2, 0) is 10.0 Å². The highest BCUT2D eigenvalue weighted by Crippen LogP contribution is 2.21. The van der Waals surface area contributed by atoms with Gasteiger partial charge in [-0.3, -0.25) is 4.98 Å². The third kappa shape index (κ3) is 6.74. The first-order valence-electron chi connectivity index (χ1n) is 8.15. The van der Waals surface area contributed by atoms with Crippen LogP contribution in [0.4, 0.5) is 10.5 Å². The lowest BCUT2D eigenvalue weighted by Crippen LogP contribution is -2.42. The lowest BCUT2D eigenvalue weighted by molar-refractivity contribution is 0.243. The summed E-state index contributed by atoms with van der Waals surface area (Å²) in [5, 5.41) is 5.69. The standard InChI is InChI=1S/C16H28N4O3S/c1-11(2)6-7-13(5)19-14-8-9-17-10-15(14)24(22,23)20-16(21)18-12(3)4/h8-13H,6-7H2,1-5H3,(H,17,19)(H2,18,20,21). The summed E-state index contributed by atoms with van der Waals surface area (Å²) in [5.41, 5.74) is 0.436. The molecule has 8 heteroatoms. The molecular formula is C16H28N4O3S. The van der Waals surface area contributed by atoms with Crippen molar-refractivity contribution in [1.82, 2.24) is 15.0 Å². The minimum absolute atomic E-state index is 0.0414. The molecule has 0 bridgehead atoms. The zero-order valence-electron chi connectivity index (χ0n) is 15.0. The van der Waals surface area contributed by atoms with Gasteiger partial charge in [-0.1, -0.05) is 13.8 Å². The molecule has 0 aliphatic heterocycles. The van der Waals surface area contributed by atoms with Crippen LogP contribution in [0.3, 0.4) is 0 Å². The highest BCUT2D eigenvalue weighted by molar-refractivity contribution is 7.90. The number of rotatable bonds is 8. The second kappa shape index (κ2) is 8.86.